The van der Waals surface area contributed by atoms with Crippen LogP contribution in [-0.4, -0.2) is 39.8 Å². The first kappa shape index (κ1) is 16.4. The predicted molar refractivity (Wildman–Crippen MR) is 69.6 cm³/mol. The van der Waals surface area contributed by atoms with Crippen molar-refractivity contribution < 1.29 is 29.5 Å². The number of nitrogens with zero attached hydrogens (tertiary/aromatic N) is 1. The SMILES string of the molecule is CC(OC(=O)NC(CO)C(=O)O)c1ccccc1[N+](=O)[O-]. The third-order valence-corrected chi connectivity index (χ3v) is 2.63. The normalized spacial score (nSPS) is 13.0. The molecule has 0 aromatic heterocycles. The summed E-state index contributed by atoms with van der Waals surface area (Å²) in [6.07, 6.45) is -2.05. The molecule has 0 bridgehead atoms. The molecule has 0 aliphatic carbocycles. The summed E-state index contributed by atoms with van der Waals surface area (Å²) >= 11 is 0. The summed E-state index contributed by atoms with van der Waals surface area (Å²) < 4.78 is 4.88. The molecule has 0 aliphatic rings. The molecule has 1 amide bonds. The van der Waals surface area contributed by atoms with Crippen LogP contribution in [0.2, 0.25) is 0 Å². The molecule has 3 N–H and O–H groups in total. The number of ether oxygens (including phenoxy) is 1. The van der Waals surface area contributed by atoms with Crippen LogP contribution in [0.4, 0.5) is 10.5 Å². The number of para-hydroxylation sites is 1. The number of carboxylic acid groups (broad SMARTS) is 1. The highest BCUT2D eigenvalue weighted by Gasteiger charge is 2.24. The molecular formula is C12H14N2O7. The van der Waals surface area contributed by atoms with Crippen molar-refractivity contribution >= 4 is 17.7 Å². The molecule has 1 rings (SSSR count). The van der Waals surface area contributed by atoms with E-state index in [-0.39, 0.29) is 11.3 Å². The highest BCUT2D eigenvalue weighted by Crippen LogP contribution is 2.26. The highest BCUT2D eigenvalue weighted by atomic mass is 16.6. The number of hydrogen-bond acceptors (Lipinski definition) is 6. The van der Waals surface area contributed by atoms with Crippen LogP contribution in [0.5, 0.6) is 0 Å². The molecule has 1 aromatic carbocycles. The summed E-state index contributed by atoms with van der Waals surface area (Å²) in [6.45, 7) is 0.612. The number of carbonyl (C=O) groups is 2. The zero-order valence-corrected chi connectivity index (χ0v) is 11.1. The number of carbonyl (C=O) groups excluding carboxylic acids is 1. The van der Waals surface area contributed by atoms with Gasteiger partial charge in [0.1, 0.15) is 6.10 Å². The van der Waals surface area contributed by atoms with E-state index in [1.165, 1.54) is 25.1 Å². The van der Waals surface area contributed by atoms with Gasteiger partial charge in [-0.2, -0.15) is 0 Å². The first-order chi connectivity index (χ1) is 9.86. The van der Waals surface area contributed by atoms with Crippen molar-refractivity contribution in [2.45, 2.75) is 19.1 Å². The van der Waals surface area contributed by atoms with Gasteiger partial charge in [0, 0.05) is 6.07 Å². The number of nitro groups is 1. The quantitative estimate of drug-likeness (QED) is 0.522. The van der Waals surface area contributed by atoms with Gasteiger partial charge in [-0.05, 0) is 13.0 Å². The molecule has 0 fully saturated rings. The number of aliphatic hydroxyl groups is 1. The summed E-state index contributed by atoms with van der Waals surface area (Å²) in [6, 6.07) is 4.21. The highest BCUT2D eigenvalue weighted by molar-refractivity contribution is 5.80. The maximum absolute atomic E-state index is 11.5. The van der Waals surface area contributed by atoms with Crippen LogP contribution >= 0.6 is 0 Å². The van der Waals surface area contributed by atoms with Gasteiger partial charge in [0.2, 0.25) is 0 Å². The second kappa shape index (κ2) is 7.20. The molecule has 0 radical (unpaired) electrons. The average molecular weight is 298 g/mol. The van der Waals surface area contributed by atoms with E-state index in [2.05, 4.69) is 0 Å². The predicted octanol–water partition coefficient (Wildman–Crippen LogP) is 0.827. The van der Waals surface area contributed by atoms with Gasteiger partial charge in [-0.1, -0.05) is 12.1 Å². The maximum Gasteiger partial charge on any atom is 0.408 e. The Bertz CT molecular complexity index is 546. The zero-order chi connectivity index (χ0) is 16.0. The summed E-state index contributed by atoms with van der Waals surface area (Å²) in [5.74, 6) is -1.42. The van der Waals surface area contributed by atoms with Gasteiger partial charge in [-0.25, -0.2) is 9.59 Å². The molecule has 0 saturated carbocycles. The minimum atomic E-state index is -1.50. The van der Waals surface area contributed by atoms with Crippen LogP contribution in [0.15, 0.2) is 24.3 Å². The van der Waals surface area contributed by atoms with Crippen molar-refractivity contribution in [2.24, 2.45) is 0 Å². The summed E-state index contributed by atoms with van der Waals surface area (Å²) in [4.78, 5) is 32.4. The standard InChI is InChI=1S/C12H14N2O7/c1-7(8-4-2-3-5-10(8)14(19)20)21-12(18)13-9(6-15)11(16)17/h2-5,7,9,15H,6H2,1H3,(H,13,18)(H,16,17). The van der Waals surface area contributed by atoms with Gasteiger partial charge in [0.15, 0.2) is 6.04 Å². The van der Waals surface area contributed by atoms with Gasteiger partial charge in [-0.3, -0.25) is 10.1 Å². The van der Waals surface area contributed by atoms with Crippen molar-refractivity contribution in [1.82, 2.24) is 5.32 Å². The van der Waals surface area contributed by atoms with E-state index in [9.17, 15) is 19.7 Å². The fourth-order valence-corrected chi connectivity index (χ4v) is 1.58. The monoisotopic (exact) mass is 298 g/mol. The first-order valence-corrected chi connectivity index (χ1v) is 5.91. The molecule has 9 heteroatoms. The lowest BCUT2D eigenvalue weighted by Gasteiger charge is -2.16. The van der Waals surface area contributed by atoms with Crippen LogP contribution < -0.4 is 5.32 Å². The Hall–Kier alpha value is -2.68. The molecule has 0 aliphatic heterocycles. The van der Waals surface area contributed by atoms with Crippen LogP contribution in [0, 0.1) is 10.1 Å². The second-order valence-corrected chi connectivity index (χ2v) is 4.08. The van der Waals surface area contributed by atoms with Crippen LogP contribution in [0.25, 0.3) is 0 Å². The van der Waals surface area contributed by atoms with Crippen molar-refractivity contribution in [2.75, 3.05) is 6.61 Å². The van der Waals surface area contributed by atoms with E-state index in [0.29, 0.717) is 0 Å². The van der Waals surface area contributed by atoms with Gasteiger partial charge in [0.05, 0.1) is 17.1 Å². The van der Waals surface area contributed by atoms with Crippen molar-refractivity contribution in [3.63, 3.8) is 0 Å². The fourth-order valence-electron chi connectivity index (χ4n) is 1.58. The van der Waals surface area contributed by atoms with E-state index in [4.69, 9.17) is 14.9 Å². The van der Waals surface area contributed by atoms with Gasteiger partial charge < -0.3 is 20.3 Å². The minimum absolute atomic E-state index is 0.175. The van der Waals surface area contributed by atoms with Gasteiger partial charge in [0.25, 0.3) is 5.69 Å². The number of nitro benzene ring substituents is 1. The second-order valence-electron chi connectivity index (χ2n) is 4.08. The average Bonchev–Trinajstić information content (AvgIpc) is 2.44. The number of hydrogen-bond donors (Lipinski definition) is 3. The van der Waals surface area contributed by atoms with Crippen molar-refractivity contribution in [3.05, 3.63) is 39.9 Å². The largest absolute Gasteiger partial charge is 0.480 e. The molecule has 114 valence electrons. The van der Waals surface area contributed by atoms with Gasteiger partial charge in [-0.15, -0.1) is 0 Å². The zero-order valence-electron chi connectivity index (χ0n) is 11.1. The summed E-state index contributed by atoms with van der Waals surface area (Å²) in [5.41, 5.74) is -0.0386. The number of alkyl carbamates (subject to hydrolysis) is 1. The van der Waals surface area contributed by atoms with E-state index in [1.807, 2.05) is 5.32 Å². The fraction of sp³-hybridized carbons (Fsp3) is 0.333. The molecule has 0 spiro atoms. The van der Waals surface area contributed by atoms with Gasteiger partial charge >= 0.3 is 12.1 Å². The Morgan fingerprint density at radius 1 is 1.43 bits per heavy atom. The number of aliphatic hydroxyl groups excluding tert-OH is 1. The molecule has 0 saturated heterocycles. The molecule has 0 heterocycles. The Labute approximate surface area is 119 Å². The summed E-state index contributed by atoms with van der Waals surface area (Å²) in [7, 11) is 0. The molecular weight excluding hydrogens is 284 g/mol. The number of benzene rings is 1. The molecule has 2 atom stereocenters. The smallest absolute Gasteiger partial charge is 0.408 e. The lowest BCUT2D eigenvalue weighted by atomic mass is 10.1. The number of aliphatic carboxylic acids is 1. The number of amides is 1. The Morgan fingerprint density at radius 2 is 2.05 bits per heavy atom. The molecule has 1 aromatic rings. The topological polar surface area (TPSA) is 139 Å². The molecule has 21 heavy (non-hydrogen) atoms. The van der Waals surface area contributed by atoms with E-state index in [0.717, 1.165) is 0 Å². The van der Waals surface area contributed by atoms with Crippen molar-refractivity contribution in [1.29, 1.82) is 0 Å². The lowest BCUT2D eigenvalue weighted by molar-refractivity contribution is -0.386. The van der Waals surface area contributed by atoms with Crippen LogP contribution in [0.3, 0.4) is 0 Å². The Morgan fingerprint density at radius 3 is 2.57 bits per heavy atom. The van der Waals surface area contributed by atoms with E-state index in [1.54, 1.807) is 6.07 Å². The third-order valence-electron chi connectivity index (χ3n) is 2.63. The van der Waals surface area contributed by atoms with E-state index >= 15 is 0 Å². The third kappa shape index (κ3) is 4.42. The van der Waals surface area contributed by atoms with Crippen LogP contribution in [-0.2, 0) is 9.53 Å². The number of carboxylic acids is 1. The Kier molecular flexibility index (Phi) is 5.61. The van der Waals surface area contributed by atoms with Crippen molar-refractivity contribution in [3.8, 4) is 0 Å². The molecule has 9 nitrogen and oxygen atoms in total. The number of nitrogens with one attached hydrogen (secondary N) is 1. The minimum Gasteiger partial charge on any atom is -0.480 e. The first-order valence-electron chi connectivity index (χ1n) is 5.91. The summed E-state index contributed by atoms with van der Waals surface area (Å²) in [5, 5.41) is 30.2. The molecule has 2 unspecified atom stereocenters. The maximum atomic E-state index is 11.5. The van der Waals surface area contributed by atoms with Crippen LogP contribution in [0.1, 0.15) is 18.6 Å². The number of rotatable bonds is 6. The van der Waals surface area contributed by atoms with E-state index < -0.39 is 35.7 Å². The Balaban J connectivity index is 2.77. The lowest BCUT2D eigenvalue weighted by Crippen LogP contribution is -2.43.